The van der Waals surface area contributed by atoms with Crippen LogP contribution in [0.2, 0.25) is 5.02 Å². The number of pyridine rings is 1. The Balaban J connectivity index is 0.993. The maximum absolute atomic E-state index is 13.5. The van der Waals surface area contributed by atoms with Crippen molar-refractivity contribution in [1.82, 2.24) is 14.8 Å². The van der Waals surface area contributed by atoms with Crippen LogP contribution in [0.5, 0.6) is 0 Å². The molecule has 2 amide bonds. The van der Waals surface area contributed by atoms with E-state index in [0.29, 0.717) is 22.5 Å². The molecular formula is C32H33ClN4O2. The van der Waals surface area contributed by atoms with E-state index in [1.54, 1.807) is 6.07 Å². The van der Waals surface area contributed by atoms with Gasteiger partial charge in [0.25, 0.3) is 11.8 Å². The molecule has 4 aliphatic rings. The quantitative estimate of drug-likeness (QED) is 0.415. The van der Waals surface area contributed by atoms with Gasteiger partial charge in [0.05, 0.1) is 16.6 Å². The Hall–Kier alpha value is -3.38. The van der Waals surface area contributed by atoms with Crippen molar-refractivity contribution in [2.45, 2.75) is 51.1 Å². The second kappa shape index (κ2) is 9.67. The molecule has 1 spiro atoms. The topological polar surface area (TPSA) is 56.8 Å². The van der Waals surface area contributed by atoms with Crippen LogP contribution in [0.15, 0.2) is 60.9 Å². The molecule has 2 fully saturated rings. The van der Waals surface area contributed by atoms with Crippen molar-refractivity contribution in [2.75, 3.05) is 31.1 Å². The Bertz CT molecular complexity index is 1420. The molecular weight excluding hydrogens is 508 g/mol. The average Bonchev–Trinajstić information content (AvgIpc) is 3.54. The predicted molar refractivity (Wildman–Crippen MR) is 152 cm³/mol. The number of nitrogens with zero attached hydrogens (tertiary/aromatic N) is 4. The van der Waals surface area contributed by atoms with Crippen molar-refractivity contribution in [3.05, 3.63) is 93.8 Å². The zero-order chi connectivity index (χ0) is 26.6. The minimum absolute atomic E-state index is 0.0162. The highest BCUT2D eigenvalue weighted by molar-refractivity contribution is 6.34. The van der Waals surface area contributed by atoms with Crippen molar-refractivity contribution in [3.8, 4) is 0 Å². The molecule has 2 saturated heterocycles. The Labute approximate surface area is 234 Å². The SMILES string of the molecule is O=C(c1ccc2c(c1)CCC2N1Cc2cccc(Cl)c2C1=O)N1CCC2(CC1)CCN(c1ccncc1)CC2. The summed E-state index contributed by atoms with van der Waals surface area (Å²) in [4.78, 5) is 37.3. The number of aromatic nitrogens is 1. The van der Waals surface area contributed by atoms with Gasteiger partial charge in [-0.3, -0.25) is 14.6 Å². The van der Waals surface area contributed by atoms with Crippen molar-refractivity contribution < 1.29 is 9.59 Å². The molecule has 0 saturated carbocycles. The standard InChI is InChI=1S/C32H33ClN4O2/c33-27-3-1-2-24-21-37(31(39)29(24)27)28-7-5-22-20-23(4-6-26(22)28)30(38)36-18-12-32(13-19-36)10-16-35(17-11-32)25-8-14-34-15-9-25/h1-4,6,8-9,14-15,20,28H,5,7,10-13,16-19,21H2. The number of hydrogen-bond donors (Lipinski definition) is 0. The Morgan fingerprint density at radius 1 is 0.923 bits per heavy atom. The molecule has 39 heavy (non-hydrogen) atoms. The third kappa shape index (κ3) is 4.29. The smallest absolute Gasteiger partial charge is 0.256 e. The van der Waals surface area contributed by atoms with Crippen LogP contribution in [0.25, 0.3) is 0 Å². The van der Waals surface area contributed by atoms with Gasteiger partial charge >= 0.3 is 0 Å². The lowest BCUT2D eigenvalue weighted by molar-refractivity contribution is 0.0514. The highest BCUT2D eigenvalue weighted by atomic mass is 35.5. The van der Waals surface area contributed by atoms with E-state index in [9.17, 15) is 9.59 Å². The lowest BCUT2D eigenvalue weighted by Crippen LogP contribution is -2.48. The maximum Gasteiger partial charge on any atom is 0.256 e. The zero-order valence-corrected chi connectivity index (χ0v) is 22.9. The third-order valence-electron chi connectivity index (χ3n) is 9.69. The van der Waals surface area contributed by atoms with Gasteiger partial charge in [0.1, 0.15) is 0 Å². The minimum Gasteiger partial charge on any atom is -0.371 e. The normalized spacial score (nSPS) is 21.8. The molecule has 7 heteroatoms. The number of likely N-dealkylation sites (tertiary alicyclic amines) is 1. The predicted octanol–water partition coefficient (Wildman–Crippen LogP) is 5.90. The molecule has 7 rings (SSSR count). The fourth-order valence-corrected chi connectivity index (χ4v) is 7.58. The number of carbonyl (C=O) groups is 2. The maximum atomic E-state index is 13.5. The Morgan fingerprint density at radius 3 is 2.41 bits per heavy atom. The zero-order valence-electron chi connectivity index (χ0n) is 22.1. The summed E-state index contributed by atoms with van der Waals surface area (Å²) in [5.74, 6) is 0.157. The number of piperidine rings is 2. The molecule has 1 atom stereocenters. The van der Waals surface area contributed by atoms with Crippen LogP contribution in [0, 0.1) is 5.41 Å². The molecule has 0 N–H and O–H groups in total. The van der Waals surface area contributed by atoms with E-state index in [0.717, 1.165) is 63.0 Å². The Kier molecular flexibility index (Phi) is 6.11. The molecule has 3 aliphatic heterocycles. The number of aryl methyl sites for hydroxylation is 1. The number of amides is 2. The van der Waals surface area contributed by atoms with Gasteiger partial charge in [0, 0.05) is 56.4 Å². The van der Waals surface area contributed by atoms with E-state index >= 15 is 0 Å². The molecule has 2 aromatic carbocycles. The fourth-order valence-electron chi connectivity index (χ4n) is 7.30. The van der Waals surface area contributed by atoms with Gasteiger partial charge in [-0.2, -0.15) is 0 Å². The van der Waals surface area contributed by atoms with Crippen molar-refractivity contribution in [2.24, 2.45) is 5.41 Å². The second-order valence-electron chi connectivity index (χ2n) is 11.7. The van der Waals surface area contributed by atoms with Gasteiger partial charge < -0.3 is 14.7 Å². The monoisotopic (exact) mass is 540 g/mol. The first kappa shape index (κ1) is 24.6. The molecule has 1 aromatic heterocycles. The summed E-state index contributed by atoms with van der Waals surface area (Å²) in [6.07, 6.45) is 10.0. The van der Waals surface area contributed by atoms with Crippen molar-refractivity contribution in [1.29, 1.82) is 0 Å². The van der Waals surface area contributed by atoms with Gasteiger partial charge in [-0.05, 0) is 91.0 Å². The largest absolute Gasteiger partial charge is 0.371 e. The van der Waals surface area contributed by atoms with Crippen LogP contribution in [-0.4, -0.2) is 52.8 Å². The molecule has 3 aromatic rings. The first-order valence-corrected chi connectivity index (χ1v) is 14.5. The number of halogens is 1. The number of hydrogen-bond acceptors (Lipinski definition) is 4. The highest BCUT2D eigenvalue weighted by Gasteiger charge is 2.40. The van der Waals surface area contributed by atoms with E-state index in [1.165, 1.54) is 29.7 Å². The fraction of sp³-hybridized carbons (Fsp3) is 0.406. The van der Waals surface area contributed by atoms with E-state index < -0.39 is 0 Å². The van der Waals surface area contributed by atoms with Crippen molar-refractivity contribution in [3.63, 3.8) is 0 Å². The third-order valence-corrected chi connectivity index (χ3v) is 10.0. The summed E-state index contributed by atoms with van der Waals surface area (Å²) in [6.45, 7) is 4.39. The number of anilines is 1. The molecule has 4 heterocycles. The molecule has 200 valence electrons. The summed E-state index contributed by atoms with van der Waals surface area (Å²) in [6, 6.07) is 16.0. The minimum atomic E-state index is 0.0162. The van der Waals surface area contributed by atoms with E-state index in [2.05, 4.69) is 39.0 Å². The van der Waals surface area contributed by atoms with Gasteiger partial charge in [0.15, 0.2) is 0 Å². The summed E-state index contributed by atoms with van der Waals surface area (Å²) >= 11 is 6.35. The second-order valence-corrected chi connectivity index (χ2v) is 12.1. The van der Waals surface area contributed by atoms with Gasteiger partial charge in [-0.25, -0.2) is 0 Å². The molecule has 0 bridgehead atoms. The van der Waals surface area contributed by atoms with Crippen LogP contribution in [0.4, 0.5) is 5.69 Å². The average molecular weight is 541 g/mol. The summed E-state index contributed by atoms with van der Waals surface area (Å²) < 4.78 is 0. The van der Waals surface area contributed by atoms with E-state index in [1.807, 2.05) is 35.5 Å². The van der Waals surface area contributed by atoms with Crippen molar-refractivity contribution >= 4 is 29.1 Å². The van der Waals surface area contributed by atoms with Crippen LogP contribution >= 0.6 is 11.6 Å². The summed E-state index contributed by atoms with van der Waals surface area (Å²) in [5.41, 5.74) is 6.39. The number of benzene rings is 2. The van der Waals surface area contributed by atoms with Crippen LogP contribution in [-0.2, 0) is 13.0 Å². The van der Waals surface area contributed by atoms with Crippen LogP contribution in [0.1, 0.15) is 75.6 Å². The van der Waals surface area contributed by atoms with E-state index in [-0.39, 0.29) is 17.9 Å². The first-order valence-electron chi connectivity index (χ1n) is 14.2. The number of carbonyl (C=O) groups excluding carboxylic acids is 2. The van der Waals surface area contributed by atoms with Gasteiger partial charge in [0.2, 0.25) is 0 Å². The van der Waals surface area contributed by atoms with E-state index in [4.69, 9.17) is 11.6 Å². The molecule has 6 nitrogen and oxygen atoms in total. The highest BCUT2D eigenvalue weighted by Crippen LogP contribution is 2.44. The molecule has 1 aliphatic carbocycles. The molecule has 0 radical (unpaired) electrons. The Morgan fingerprint density at radius 2 is 1.67 bits per heavy atom. The molecule has 1 unspecified atom stereocenters. The van der Waals surface area contributed by atoms with Crippen LogP contribution in [0.3, 0.4) is 0 Å². The summed E-state index contributed by atoms with van der Waals surface area (Å²) in [7, 11) is 0. The first-order chi connectivity index (χ1) is 19.0. The lowest BCUT2D eigenvalue weighted by Gasteiger charge is -2.47. The van der Waals surface area contributed by atoms with Gasteiger partial charge in [-0.1, -0.05) is 29.8 Å². The summed E-state index contributed by atoms with van der Waals surface area (Å²) in [5, 5.41) is 0.529. The van der Waals surface area contributed by atoms with Crippen LogP contribution < -0.4 is 4.90 Å². The van der Waals surface area contributed by atoms with Gasteiger partial charge in [-0.15, -0.1) is 0 Å². The number of rotatable bonds is 3. The number of fused-ring (bicyclic) bond motifs is 2. The lowest BCUT2D eigenvalue weighted by atomic mass is 9.71.